The molecule has 0 aliphatic rings. The molecular formula is C27H39N. The van der Waals surface area contributed by atoms with Gasteiger partial charge in [0.1, 0.15) is 0 Å². The Hall–Kier alpha value is -2.15. The predicted octanol–water partition coefficient (Wildman–Crippen LogP) is 8.27. The van der Waals surface area contributed by atoms with Gasteiger partial charge in [-0.1, -0.05) is 94.8 Å². The molecule has 0 saturated carbocycles. The summed E-state index contributed by atoms with van der Waals surface area (Å²) < 4.78 is 0. The van der Waals surface area contributed by atoms with Gasteiger partial charge in [-0.3, -0.25) is 0 Å². The molecule has 152 valence electrons. The molecule has 2 unspecified atom stereocenters. The lowest BCUT2D eigenvalue weighted by Gasteiger charge is -2.30. The van der Waals surface area contributed by atoms with Crippen LogP contribution in [0.15, 0.2) is 72.4 Å². The topological polar surface area (TPSA) is 23.9 Å². The van der Waals surface area contributed by atoms with Gasteiger partial charge >= 0.3 is 0 Å². The Morgan fingerprint density at radius 1 is 1.11 bits per heavy atom. The Kier molecular flexibility index (Phi) is 8.88. The molecule has 0 amide bonds. The number of allylic oxidation sites excluding steroid dienone is 6. The zero-order valence-corrected chi connectivity index (χ0v) is 19.0. The van der Waals surface area contributed by atoms with Crippen LogP contribution in [0.4, 0.5) is 0 Å². The molecule has 0 aliphatic heterocycles. The molecule has 1 nitrogen and oxygen atoms in total. The third-order valence-electron chi connectivity index (χ3n) is 6.18. The smallest absolute Gasteiger partial charge is 0.0428 e. The number of benzene rings is 1. The third kappa shape index (κ3) is 5.67. The maximum absolute atomic E-state index is 8.50. The molecule has 0 aliphatic carbocycles. The first kappa shape index (κ1) is 23.9. The summed E-state index contributed by atoms with van der Waals surface area (Å²) >= 11 is 0. The first-order valence-electron chi connectivity index (χ1n) is 10.4. The van der Waals surface area contributed by atoms with Crippen LogP contribution >= 0.6 is 0 Å². The first-order valence-corrected chi connectivity index (χ1v) is 10.4. The van der Waals surface area contributed by atoms with E-state index < -0.39 is 0 Å². The second-order valence-electron chi connectivity index (χ2n) is 8.40. The normalized spacial score (nSPS) is 15.5. The fraction of sp³-hybridized carbons (Fsp3) is 0.444. The van der Waals surface area contributed by atoms with Gasteiger partial charge in [0.2, 0.25) is 0 Å². The van der Waals surface area contributed by atoms with Crippen molar-refractivity contribution in [2.24, 2.45) is 17.3 Å². The maximum atomic E-state index is 8.50. The van der Waals surface area contributed by atoms with Crippen LogP contribution in [-0.4, -0.2) is 5.71 Å². The lowest BCUT2D eigenvalue weighted by atomic mass is 9.75. The highest BCUT2D eigenvalue weighted by atomic mass is 14.4. The molecular weight excluding hydrogens is 338 g/mol. The van der Waals surface area contributed by atoms with Crippen molar-refractivity contribution in [3.05, 3.63) is 77.9 Å². The quantitative estimate of drug-likeness (QED) is 0.241. The first-order chi connectivity index (χ1) is 13.1. The summed E-state index contributed by atoms with van der Waals surface area (Å²) in [5.74, 6) is 0.357. The minimum Gasteiger partial charge on any atom is -0.309 e. The summed E-state index contributed by atoms with van der Waals surface area (Å²) in [6.07, 6.45) is 6.27. The van der Waals surface area contributed by atoms with E-state index in [-0.39, 0.29) is 11.3 Å². The number of nitrogens with one attached hydrogen (secondary N) is 1. The van der Waals surface area contributed by atoms with E-state index in [0.29, 0.717) is 11.6 Å². The minimum absolute atomic E-state index is 0.0471. The molecule has 1 aromatic carbocycles. The van der Waals surface area contributed by atoms with Gasteiger partial charge in [0.05, 0.1) is 0 Å². The maximum Gasteiger partial charge on any atom is 0.0428 e. The SMILES string of the molecule is C=CC(C)(C)C(C)/C(C)=C\C(CC)=C(/CC)C(C(=C)c1ccccc1)C(C)=N. The second-order valence-corrected chi connectivity index (χ2v) is 8.40. The fourth-order valence-electron chi connectivity index (χ4n) is 3.75. The molecule has 0 radical (unpaired) electrons. The highest BCUT2D eigenvalue weighted by molar-refractivity contribution is 5.96. The Morgan fingerprint density at radius 2 is 1.68 bits per heavy atom. The van der Waals surface area contributed by atoms with Crippen molar-refractivity contribution < 1.29 is 0 Å². The molecule has 0 fully saturated rings. The third-order valence-corrected chi connectivity index (χ3v) is 6.18. The van der Waals surface area contributed by atoms with Crippen molar-refractivity contribution in [2.75, 3.05) is 0 Å². The summed E-state index contributed by atoms with van der Waals surface area (Å²) in [6, 6.07) is 10.3. The average Bonchev–Trinajstić information content (AvgIpc) is 2.69. The van der Waals surface area contributed by atoms with Crippen LogP contribution in [0, 0.1) is 22.7 Å². The Morgan fingerprint density at radius 3 is 2.11 bits per heavy atom. The van der Waals surface area contributed by atoms with E-state index >= 15 is 0 Å². The molecule has 2 atom stereocenters. The van der Waals surface area contributed by atoms with Gasteiger partial charge in [0.25, 0.3) is 0 Å². The van der Waals surface area contributed by atoms with Crippen molar-refractivity contribution in [2.45, 2.75) is 61.3 Å². The van der Waals surface area contributed by atoms with Crippen LogP contribution in [0.2, 0.25) is 0 Å². The molecule has 0 spiro atoms. The van der Waals surface area contributed by atoms with E-state index in [9.17, 15) is 0 Å². The van der Waals surface area contributed by atoms with Crippen molar-refractivity contribution in [3.63, 3.8) is 0 Å². The fourth-order valence-corrected chi connectivity index (χ4v) is 3.75. The molecule has 1 heteroatoms. The van der Waals surface area contributed by atoms with Gasteiger partial charge in [0.15, 0.2) is 0 Å². The highest BCUT2D eigenvalue weighted by Crippen LogP contribution is 2.37. The van der Waals surface area contributed by atoms with Crippen molar-refractivity contribution in [3.8, 4) is 0 Å². The van der Waals surface area contributed by atoms with Gasteiger partial charge in [-0.25, -0.2) is 0 Å². The molecule has 1 N–H and O–H groups in total. The predicted molar refractivity (Wildman–Crippen MR) is 127 cm³/mol. The number of hydrogen-bond acceptors (Lipinski definition) is 1. The van der Waals surface area contributed by atoms with Crippen LogP contribution < -0.4 is 0 Å². The largest absolute Gasteiger partial charge is 0.309 e. The van der Waals surface area contributed by atoms with E-state index in [1.54, 1.807) is 0 Å². The van der Waals surface area contributed by atoms with E-state index in [1.165, 1.54) is 16.7 Å². The Balaban J connectivity index is 3.48. The molecule has 0 saturated heterocycles. The summed E-state index contributed by atoms with van der Waals surface area (Å²) in [7, 11) is 0. The number of hydrogen-bond donors (Lipinski definition) is 1. The van der Waals surface area contributed by atoms with Crippen molar-refractivity contribution in [1.82, 2.24) is 0 Å². The Bertz CT molecular complexity index is 759. The van der Waals surface area contributed by atoms with E-state index in [1.807, 2.05) is 31.2 Å². The molecule has 1 aromatic rings. The zero-order chi connectivity index (χ0) is 21.5. The molecule has 0 bridgehead atoms. The van der Waals surface area contributed by atoms with Crippen LogP contribution in [0.3, 0.4) is 0 Å². The van der Waals surface area contributed by atoms with Crippen molar-refractivity contribution >= 4 is 11.3 Å². The zero-order valence-electron chi connectivity index (χ0n) is 19.0. The van der Waals surface area contributed by atoms with Gasteiger partial charge < -0.3 is 5.41 Å². The van der Waals surface area contributed by atoms with E-state index in [4.69, 9.17) is 5.41 Å². The van der Waals surface area contributed by atoms with Gasteiger partial charge in [-0.2, -0.15) is 0 Å². The number of rotatable bonds is 10. The summed E-state index contributed by atoms with van der Waals surface area (Å²) in [5.41, 5.74) is 6.84. The van der Waals surface area contributed by atoms with Crippen molar-refractivity contribution in [1.29, 1.82) is 5.41 Å². The summed E-state index contributed by atoms with van der Waals surface area (Å²) in [5, 5.41) is 8.50. The van der Waals surface area contributed by atoms with E-state index in [2.05, 4.69) is 72.9 Å². The molecule has 0 heterocycles. The molecule has 0 aromatic heterocycles. The minimum atomic E-state index is -0.0471. The standard InChI is InChI=1S/C27H39N/c1-10-23(18-19(4)21(6)27(8,9)12-3)25(11-2)26(22(7)28)20(5)24-16-14-13-15-17-24/h12-18,21,26,28H,3,5,10-11H2,1-2,4,6-9H3/b19-18-,25-23+,28-22?. The Labute approximate surface area is 173 Å². The average molecular weight is 378 g/mol. The van der Waals surface area contributed by atoms with Crippen LogP contribution in [-0.2, 0) is 0 Å². The lowest BCUT2D eigenvalue weighted by molar-refractivity contribution is 0.352. The van der Waals surface area contributed by atoms with E-state index in [0.717, 1.165) is 24.0 Å². The van der Waals surface area contributed by atoms with Gasteiger partial charge in [0, 0.05) is 11.6 Å². The van der Waals surface area contributed by atoms with Crippen LogP contribution in [0.1, 0.15) is 66.9 Å². The molecule has 1 rings (SSSR count). The van der Waals surface area contributed by atoms with Gasteiger partial charge in [-0.05, 0) is 54.7 Å². The molecule has 28 heavy (non-hydrogen) atoms. The van der Waals surface area contributed by atoms with Crippen LogP contribution in [0.25, 0.3) is 5.57 Å². The van der Waals surface area contributed by atoms with Crippen LogP contribution in [0.5, 0.6) is 0 Å². The van der Waals surface area contributed by atoms with Gasteiger partial charge in [-0.15, -0.1) is 6.58 Å². The lowest BCUT2D eigenvalue weighted by Crippen LogP contribution is -2.20. The summed E-state index contributed by atoms with van der Waals surface area (Å²) in [4.78, 5) is 0. The monoisotopic (exact) mass is 377 g/mol. The second kappa shape index (κ2) is 10.4. The highest BCUT2D eigenvalue weighted by Gasteiger charge is 2.25. The summed E-state index contributed by atoms with van der Waals surface area (Å²) in [6.45, 7) is 23.7.